The van der Waals surface area contributed by atoms with Crippen molar-refractivity contribution in [2.45, 2.75) is 19.9 Å². The van der Waals surface area contributed by atoms with E-state index in [0.717, 1.165) is 23.7 Å². The van der Waals surface area contributed by atoms with Gasteiger partial charge in [-0.3, -0.25) is 10.1 Å². The second-order valence-corrected chi connectivity index (χ2v) is 4.84. The molecule has 2 rings (SSSR count). The van der Waals surface area contributed by atoms with Gasteiger partial charge in [-0.2, -0.15) is 0 Å². The number of hydrogen-bond donors (Lipinski definition) is 1. The van der Waals surface area contributed by atoms with Gasteiger partial charge in [0.25, 0.3) is 0 Å². The molecule has 0 unspecified atom stereocenters. The van der Waals surface area contributed by atoms with E-state index in [1.54, 1.807) is 17.4 Å². The number of furan rings is 1. The van der Waals surface area contributed by atoms with Crippen LogP contribution in [0.3, 0.4) is 0 Å². The van der Waals surface area contributed by atoms with Crippen LogP contribution >= 0.6 is 11.3 Å². The van der Waals surface area contributed by atoms with E-state index in [1.165, 1.54) is 6.07 Å². The summed E-state index contributed by atoms with van der Waals surface area (Å²) in [5, 5.41) is 16.7. The molecule has 18 heavy (non-hydrogen) atoms. The molecular weight excluding hydrogens is 254 g/mol. The first-order chi connectivity index (χ1) is 8.65. The number of nitrogens with zero attached hydrogens (tertiary/aromatic N) is 2. The Kier molecular flexibility index (Phi) is 4.06. The van der Waals surface area contributed by atoms with Crippen molar-refractivity contribution >= 4 is 17.2 Å². The highest BCUT2D eigenvalue weighted by Crippen LogP contribution is 2.15. The maximum atomic E-state index is 10.4. The molecule has 0 aromatic carbocycles. The van der Waals surface area contributed by atoms with Crippen LogP contribution in [0.25, 0.3) is 0 Å². The Labute approximate surface area is 108 Å². The summed E-state index contributed by atoms with van der Waals surface area (Å²) in [5.41, 5.74) is 1.07. The minimum Gasteiger partial charge on any atom is -0.404 e. The highest BCUT2D eigenvalue weighted by atomic mass is 32.1. The third-order valence-electron chi connectivity index (χ3n) is 2.35. The molecule has 0 aliphatic rings. The van der Waals surface area contributed by atoms with Gasteiger partial charge < -0.3 is 9.73 Å². The second kappa shape index (κ2) is 5.74. The quantitative estimate of drug-likeness (QED) is 0.493. The van der Waals surface area contributed by atoms with Gasteiger partial charge >= 0.3 is 5.88 Å². The van der Waals surface area contributed by atoms with Crippen molar-refractivity contribution in [1.82, 2.24) is 10.3 Å². The summed E-state index contributed by atoms with van der Waals surface area (Å²) in [6.07, 6.45) is 0.840. The number of nitro groups is 1. The first kappa shape index (κ1) is 12.7. The zero-order chi connectivity index (χ0) is 13.0. The predicted molar refractivity (Wildman–Crippen MR) is 67.6 cm³/mol. The SMILES string of the molecule is Cc1nc(CCNCc2ccc([N+](=O)[O-])o2)cs1. The fraction of sp³-hybridized carbons (Fsp3) is 0.364. The van der Waals surface area contributed by atoms with Crippen LogP contribution in [-0.2, 0) is 13.0 Å². The summed E-state index contributed by atoms with van der Waals surface area (Å²) in [6, 6.07) is 2.97. The van der Waals surface area contributed by atoms with E-state index < -0.39 is 4.92 Å². The Morgan fingerprint density at radius 3 is 3.00 bits per heavy atom. The highest BCUT2D eigenvalue weighted by molar-refractivity contribution is 7.09. The Bertz CT molecular complexity index is 535. The highest BCUT2D eigenvalue weighted by Gasteiger charge is 2.11. The monoisotopic (exact) mass is 267 g/mol. The summed E-state index contributed by atoms with van der Waals surface area (Å²) >= 11 is 1.63. The zero-order valence-corrected chi connectivity index (χ0v) is 10.7. The number of hydrogen-bond acceptors (Lipinski definition) is 6. The molecule has 2 aromatic heterocycles. The van der Waals surface area contributed by atoms with Crippen LogP contribution in [0, 0.1) is 17.0 Å². The largest absolute Gasteiger partial charge is 0.433 e. The molecule has 0 amide bonds. The minimum absolute atomic E-state index is 0.220. The average molecular weight is 267 g/mol. The van der Waals surface area contributed by atoms with Crippen molar-refractivity contribution in [1.29, 1.82) is 0 Å². The second-order valence-electron chi connectivity index (χ2n) is 3.78. The van der Waals surface area contributed by atoms with E-state index in [9.17, 15) is 10.1 Å². The van der Waals surface area contributed by atoms with Crippen molar-refractivity contribution in [3.63, 3.8) is 0 Å². The summed E-state index contributed by atoms with van der Waals surface area (Å²) in [7, 11) is 0. The molecule has 0 aliphatic carbocycles. The van der Waals surface area contributed by atoms with Crippen molar-refractivity contribution in [2.75, 3.05) is 6.54 Å². The van der Waals surface area contributed by atoms with Crippen molar-refractivity contribution < 1.29 is 9.34 Å². The minimum atomic E-state index is -0.540. The molecule has 7 heteroatoms. The fourth-order valence-corrected chi connectivity index (χ4v) is 2.16. The summed E-state index contributed by atoms with van der Waals surface area (Å²) in [5.74, 6) is 0.345. The van der Waals surface area contributed by atoms with Gasteiger partial charge in [0.05, 0.1) is 23.3 Å². The number of thiazole rings is 1. The van der Waals surface area contributed by atoms with Crippen LogP contribution in [-0.4, -0.2) is 16.5 Å². The van der Waals surface area contributed by atoms with Gasteiger partial charge in [0, 0.05) is 18.3 Å². The first-order valence-electron chi connectivity index (χ1n) is 5.50. The van der Waals surface area contributed by atoms with E-state index in [2.05, 4.69) is 10.3 Å². The van der Waals surface area contributed by atoms with E-state index >= 15 is 0 Å². The molecule has 0 spiro atoms. The molecule has 96 valence electrons. The lowest BCUT2D eigenvalue weighted by Gasteiger charge is -2.00. The molecule has 0 bridgehead atoms. The normalized spacial score (nSPS) is 10.7. The third kappa shape index (κ3) is 3.38. The van der Waals surface area contributed by atoms with Crippen molar-refractivity contribution in [3.05, 3.63) is 44.1 Å². The molecule has 0 fully saturated rings. The Morgan fingerprint density at radius 2 is 2.39 bits per heavy atom. The first-order valence-corrected chi connectivity index (χ1v) is 6.38. The van der Waals surface area contributed by atoms with Gasteiger partial charge in [-0.25, -0.2) is 4.98 Å². The Balaban J connectivity index is 1.73. The molecule has 0 aliphatic heterocycles. The van der Waals surface area contributed by atoms with Gasteiger partial charge in [-0.15, -0.1) is 11.3 Å². The van der Waals surface area contributed by atoms with Crippen molar-refractivity contribution in [2.24, 2.45) is 0 Å². The molecule has 2 aromatic rings. The van der Waals surface area contributed by atoms with Crippen molar-refractivity contribution in [3.8, 4) is 0 Å². The van der Waals surface area contributed by atoms with E-state index in [-0.39, 0.29) is 5.88 Å². The summed E-state index contributed by atoms with van der Waals surface area (Å²) in [4.78, 5) is 14.2. The number of nitrogens with one attached hydrogen (secondary N) is 1. The Hall–Kier alpha value is -1.73. The summed E-state index contributed by atoms with van der Waals surface area (Å²) in [6.45, 7) is 3.22. The molecule has 6 nitrogen and oxygen atoms in total. The standard InChI is InChI=1S/C11H13N3O3S/c1-8-13-9(7-18-8)4-5-12-6-10-2-3-11(17-10)14(15)16/h2-3,7,12H,4-6H2,1H3. The van der Waals surface area contributed by atoms with Gasteiger partial charge in [-0.05, 0) is 13.0 Å². The molecule has 0 radical (unpaired) electrons. The van der Waals surface area contributed by atoms with Gasteiger partial charge in [0.1, 0.15) is 10.7 Å². The molecule has 2 heterocycles. The third-order valence-corrected chi connectivity index (χ3v) is 3.17. The number of aromatic nitrogens is 1. The molecule has 0 atom stereocenters. The molecule has 0 saturated heterocycles. The lowest BCUT2D eigenvalue weighted by atomic mass is 10.3. The molecule has 1 N–H and O–H groups in total. The average Bonchev–Trinajstić information content (AvgIpc) is 2.93. The van der Waals surface area contributed by atoms with Crippen LogP contribution in [0.15, 0.2) is 21.9 Å². The number of rotatable bonds is 6. The van der Waals surface area contributed by atoms with E-state index in [0.29, 0.717) is 12.3 Å². The van der Waals surface area contributed by atoms with Crippen LogP contribution in [0.5, 0.6) is 0 Å². The zero-order valence-electron chi connectivity index (χ0n) is 9.88. The molecule has 0 saturated carbocycles. The lowest BCUT2D eigenvalue weighted by Crippen LogP contribution is -2.16. The van der Waals surface area contributed by atoms with Crippen LogP contribution < -0.4 is 5.32 Å². The predicted octanol–water partition coefficient (Wildman–Crippen LogP) is 2.29. The van der Waals surface area contributed by atoms with E-state index in [4.69, 9.17) is 4.42 Å². The van der Waals surface area contributed by atoms with E-state index in [1.807, 2.05) is 12.3 Å². The topological polar surface area (TPSA) is 81.2 Å². The molecular formula is C11H13N3O3S. The maximum absolute atomic E-state index is 10.4. The summed E-state index contributed by atoms with van der Waals surface area (Å²) < 4.78 is 5.03. The van der Waals surface area contributed by atoms with Gasteiger partial charge in [0.15, 0.2) is 0 Å². The van der Waals surface area contributed by atoms with Gasteiger partial charge in [0.2, 0.25) is 0 Å². The Morgan fingerprint density at radius 1 is 1.56 bits per heavy atom. The van der Waals surface area contributed by atoms with Crippen LogP contribution in [0.2, 0.25) is 0 Å². The van der Waals surface area contributed by atoms with Gasteiger partial charge in [-0.1, -0.05) is 0 Å². The maximum Gasteiger partial charge on any atom is 0.433 e. The van der Waals surface area contributed by atoms with Crippen LogP contribution in [0.1, 0.15) is 16.5 Å². The number of aryl methyl sites for hydroxylation is 1. The smallest absolute Gasteiger partial charge is 0.404 e. The lowest BCUT2D eigenvalue weighted by molar-refractivity contribution is -0.402. The fourth-order valence-electron chi connectivity index (χ4n) is 1.51. The van der Waals surface area contributed by atoms with Crippen LogP contribution in [0.4, 0.5) is 5.88 Å².